The molecule has 1 saturated carbocycles. The van der Waals surface area contributed by atoms with Crippen LogP contribution in [0.2, 0.25) is 0 Å². The first-order chi connectivity index (χ1) is 6.18. The van der Waals surface area contributed by atoms with Crippen molar-refractivity contribution in [2.45, 2.75) is 17.3 Å². The minimum atomic E-state index is -0.442. The zero-order chi connectivity index (χ0) is 9.31. The van der Waals surface area contributed by atoms with Crippen molar-refractivity contribution in [1.29, 1.82) is 0 Å². The molecule has 1 N–H and O–H groups in total. The predicted octanol–water partition coefficient (Wildman–Crippen LogP) is 3.03. The summed E-state index contributed by atoms with van der Waals surface area (Å²) in [6.45, 7) is 1.85. The highest BCUT2D eigenvalue weighted by molar-refractivity contribution is 7.09. The normalized spacial score (nSPS) is 24.6. The van der Waals surface area contributed by atoms with Gasteiger partial charge in [0.2, 0.25) is 0 Å². The maximum absolute atomic E-state index is 5.90. The van der Waals surface area contributed by atoms with Crippen LogP contribution < -0.4 is 5.32 Å². The molecule has 0 aromatic carbocycles. The maximum Gasteiger partial charge on any atom is 0.122 e. The maximum atomic E-state index is 5.90. The van der Waals surface area contributed by atoms with Crippen molar-refractivity contribution in [2.75, 3.05) is 6.54 Å². The summed E-state index contributed by atoms with van der Waals surface area (Å²) in [6, 6.07) is 4.19. The lowest BCUT2D eigenvalue weighted by Gasteiger charge is -2.02. The molecular weight excluding hydrogens is 225 g/mol. The van der Waals surface area contributed by atoms with Gasteiger partial charge in [-0.15, -0.1) is 34.5 Å². The van der Waals surface area contributed by atoms with Gasteiger partial charge in [0.25, 0.3) is 0 Å². The van der Waals surface area contributed by atoms with Gasteiger partial charge in [-0.2, -0.15) is 0 Å². The molecule has 72 valence electrons. The fourth-order valence-electron chi connectivity index (χ4n) is 1.27. The Kier molecular flexibility index (Phi) is 2.84. The number of hydrogen-bond acceptors (Lipinski definition) is 2. The quantitative estimate of drug-likeness (QED) is 0.792. The minimum Gasteiger partial charge on any atom is -0.311 e. The highest BCUT2D eigenvalue weighted by Crippen LogP contribution is 2.52. The van der Waals surface area contributed by atoms with Gasteiger partial charge < -0.3 is 5.32 Å². The van der Waals surface area contributed by atoms with Crippen LogP contribution in [0.15, 0.2) is 17.5 Å². The van der Waals surface area contributed by atoms with Gasteiger partial charge in [-0.05, 0) is 17.9 Å². The van der Waals surface area contributed by atoms with Gasteiger partial charge >= 0.3 is 0 Å². The Balaban J connectivity index is 1.66. The van der Waals surface area contributed by atoms with Crippen LogP contribution in [0.25, 0.3) is 0 Å². The van der Waals surface area contributed by atoms with Crippen molar-refractivity contribution in [2.24, 2.45) is 5.92 Å². The van der Waals surface area contributed by atoms with E-state index in [0.717, 1.165) is 19.5 Å². The Morgan fingerprint density at radius 1 is 1.62 bits per heavy atom. The second kappa shape index (κ2) is 3.77. The minimum absolute atomic E-state index is 0.441. The average Bonchev–Trinajstić information content (AvgIpc) is 2.53. The lowest BCUT2D eigenvalue weighted by Crippen LogP contribution is -2.17. The second-order valence-electron chi connectivity index (χ2n) is 3.37. The average molecular weight is 236 g/mol. The zero-order valence-electron chi connectivity index (χ0n) is 7.09. The summed E-state index contributed by atoms with van der Waals surface area (Å²) >= 11 is 13.6. The summed E-state index contributed by atoms with van der Waals surface area (Å²) in [5.74, 6) is 0.441. The molecule has 1 aromatic heterocycles. The zero-order valence-corrected chi connectivity index (χ0v) is 9.42. The molecule has 0 saturated heterocycles. The highest BCUT2D eigenvalue weighted by Gasteiger charge is 2.50. The van der Waals surface area contributed by atoms with Crippen LogP contribution in [0.1, 0.15) is 11.3 Å². The van der Waals surface area contributed by atoms with Gasteiger partial charge in [0.1, 0.15) is 4.33 Å². The molecule has 0 spiro atoms. The van der Waals surface area contributed by atoms with Crippen molar-refractivity contribution < 1.29 is 0 Å². The Morgan fingerprint density at radius 2 is 2.38 bits per heavy atom. The number of thiophene rings is 1. The fraction of sp³-hybridized carbons (Fsp3) is 0.556. The first kappa shape index (κ1) is 9.78. The van der Waals surface area contributed by atoms with Gasteiger partial charge in [0, 0.05) is 23.9 Å². The molecule has 1 fully saturated rings. The molecule has 1 nitrogen and oxygen atoms in total. The number of halogens is 2. The topological polar surface area (TPSA) is 12.0 Å². The Bertz CT molecular complexity index is 271. The van der Waals surface area contributed by atoms with Gasteiger partial charge in [-0.25, -0.2) is 0 Å². The summed E-state index contributed by atoms with van der Waals surface area (Å²) in [5, 5.41) is 5.43. The third kappa shape index (κ3) is 2.59. The first-order valence-corrected chi connectivity index (χ1v) is 5.93. The summed E-state index contributed by atoms with van der Waals surface area (Å²) in [6.07, 6.45) is 0.924. The first-order valence-electron chi connectivity index (χ1n) is 4.29. The molecule has 0 bridgehead atoms. The molecule has 13 heavy (non-hydrogen) atoms. The SMILES string of the molecule is ClC1(Cl)CC1CNCc1cccs1. The van der Waals surface area contributed by atoms with Crippen molar-refractivity contribution in [3.63, 3.8) is 0 Å². The number of alkyl halides is 2. The summed E-state index contributed by atoms with van der Waals surface area (Å²) in [7, 11) is 0. The largest absolute Gasteiger partial charge is 0.311 e. The van der Waals surface area contributed by atoms with E-state index in [4.69, 9.17) is 23.2 Å². The van der Waals surface area contributed by atoms with Crippen molar-refractivity contribution in [3.05, 3.63) is 22.4 Å². The van der Waals surface area contributed by atoms with Crippen molar-refractivity contribution in [1.82, 2.24) is 5.32 Å². The van der Waals surface area contributed by atoms with Crippen LogP contribution >= 0.6 is 34.5 Å². The molecule has 4 heteroatoms. The Morgan fingerprint density at radius 3 is 2.92 bits per heavy atom. The van der Waals surface area contributed by atoms with E-state index in [-0.39, 0.29) is 0 Å². The van der Waals surface area contributed by atoms with E-state index < -0.39 is 4.33 Å². The molecule has 1 heterocycles. The fourth-order valence-corrected chi connectivity index (χ4v) is 2.48. The lowest BCUT2D eigenvalue weighted by molar-refractivity contribution is 0.639. The number of nitrogens with one attached hydrogen (secondary N) is 1. The molecule has 1 atom stereocenters. The molecule has 2 rings (SSSR count). The van der Waals surface area contributed by atoms with E-state index in [9.17, 15) is 0 Å². The van der Waals surface area contributed by atoms with Crippen LogP contribution in [-0.2, 0) is 6.54 Å². The summed E-state index contributed by atoms with van der Waals surface area (Å²) in [5.41, 5.74) is 0. The van der Waals surface area contributed by atoms with E-state index in [2.05, 4.69) is 22.8 Å². The molecule has 1 unspecified atom stereocenters. The van der Waals surface area contributed by atoms with Gasteiger partial charge in [0.15, 0.2) is 0 Å². The van der Waals surface area contributed by atoms with Gasteiger partial charge in [0.05, 0.1) is 0 Å². The number of rotatable bonds is 4. The molecule has 1 aliphatic carbocycles. The molecule has 1 aliphatic rings. The van der Waals surface area contributed by atoms with E-state index in [1.165, 1.54) is 4.88 Å². The lowest BCUT2D eigenvalue weighted by atomic mass is 10.4. The van der Waals surface area contributed by atoms with Crippen LogP contribution in [0.5, 0.6) is 0 Å². The summed E-state index contributed by atoms with van der Waals surface area (Å²) < 4.78 is -0.442. The van der Waals surface area contributed by atoms with Crippen LogP contribution in [0.4, 0.5) is 0 Å². The molecule has 0 radical (unpaired) electrons. The van der Waals surface area contributed by atoms with Crippen LogP contribution in [0.3, 0.4) is 0 Å². The molecule has 0 amide bonds. The molecular formula is C9H11Cl2NS. The second-order valence-corrected chi connectivity index (χ2v) is 5.95. The van der Waals surface area contributed by atoms with Crippen molar-refractivity contribution >= 4 is 34.5 Å². The number of hydrogen-bond donors (Lipinski definition) is 1. The van der Waals surface area contributed by atoms with E-state index in [0.29, 0.717) is 5.92 Å². The Hall–Kier alpha value is 0.240. The van der Waals surface area contributed by atoms with Gasteiger partial charge in [-0.3, -0.25) is 0 Å². The van der Waals surface area contributed by atoms with E-state index in [1.807, 2.05) is 0 Å². The Labute approximate surface area is 92.0 Å². The predicted molar refractivity (Wildman–Crippen MR) is 58.6 cm³/mol. The van der Waals surface area contributed by atoms with Gasteiger partial charge in [-0.1, -0.05) is 6.07 Å². The highest BCUT2D eigenvalue weighted by atomic mass is 35.5. The van der Waals surface area contributed by atoms with Crippen LogP contribution in [-0.4, -0.2) is 10.9 Å². The van der Waals surface area contributed by atoms with Crippen molar-refractivity contribution in [3.8, 4) is 0 Å². The third-order valence-electron chi connectivity index (χ3n) is 2.23. The van der Waals surface area contributed by atoms with E-state index >= 15 is 0 Å². The smallest absolute Gasteiger partial charge is 0.122 e. The standard InChI is InChI=1S/C9H11Cl2NS/c10-9(11)4-7(9)5-12-6-8-2-1-3-13-8/h1-3,7,12H,4-6H2. The molecule has 0 aliphatic heterocycles. The molecule has 1 aromatic rings. The van der Waals surface area contributed by atoms with Crippen LogP contribution in [0, 0.1) is 5.92 Å². The van der Waals surface area contributed by atoms with E-state index in [1.54, 1.807) is 11.3 Å². The summed E-state index contributed by atoms with van der Waals surface area (Å²) in [4.78, 5) is 1.36. The monoisotopic (exact) mass is 235 g/mol. The third-order valence-corrected chi connectivity index (χ3v) is 4.03.